The van der Waals surface area contributed by atoms with Gasteiger partial charge in [-0.05, 0) is 43.5 Å². The molecule has 0 unspecified atom stereocenters. The maximum absolute atomic E-state index is 13.3. The Balaban J connectivity index is 1.74. The van der Waals surface area contributed by atoms with Gasteiger partial charge in [-0.1, -0.05) is 11.6 Å². The second kappa shape index (κ2) is 5.54. The lowest BCUT2D eigenvalue weighted by Gasteiger charge is -2.08. The number of hydrogen-bond donors (Lipinski definition) is 1. The van der Waals surface area contributed by atoms with Crippen LogP contribution in [0.5, 0.6) is 0 Å². The van der Waals surface area contributed by atoms with Gasteiger partial charge in [-0.3, -0.25) is 4.68 Å². The van der Waals surface area contributed by atoms with Crippen molar-refractivity contribution >= 4 is 11.6 Å². The fraction of sp³-hybridized carbons (Fsp3) is 0.400. The summed E-state index contributed by atoms with van der Waals surface area (Å²) in [6, 6.07) is 5.09. The summed E-state index contributed by atoms with van der Waals surface area (Å²) in [6.45, 7) is 3.36. The Hall–Kier alpha value is -1.39. The van der Waals surface area contributed by atoms with Crippen molar-refractivity contribution in [3.8, 4) is 0 Å². The predicted molar refractivity (Wildman–Crippen MR) is 77.3 cm³/mol. The topological polar surface area (TPSA) is 29.9 Å². The lowest BCUT2D eigenvalue weighted by Crippen LogP contribution is -2.16. The summed E-state index contributed by atoms with van der Waals surface area (Å²) in [5.41, 5.74) is 3.03. The molecule has 20 heavy (non-hydrogen) atoms. The highest BCUT2D eigenvalue weighted by Crippen LogP contribution is 2.21. The summed E-state index contributed by atoms with van der Waals surface area (Å²) in [6.07, 6.45) is 4.41. The van der Waals surface area contributed by atoms with E-state index in [4.69, 9.17) is 11.6 Å². The molecule has 106 valence electrons. The molecule has 0 aliphatic heterocycles. The molecule has 0 bridgehead atoms. The molecule has 0 atom stereocenters. The van der Waals surface area contributed by atoms with E-state index in [0.29, 0.717) is 17.6 Å². The van der Waals surface area contributed by atoms with Crippen LogP contribution in [0.1, 0.15) is 29.7 Å². The molecular formula is C15H17ClFN3. The zero-order valence-electron chi connectivity index (χ0n) is 11.4. The second-order valence-corrected chi connectivity index (χ2v) is 5.71. The first-order valence-corrected chi connectivity index (χ1v) is 7.20. The van der Waals surface area contributed by atoms with Crippen LogP contribution in [-0.2, 0) is 13.1 Å². The van der Waals surface area contributed by atoms with Crippen LogP contribution in [0.15, 0.2) is 24.4 Å². The van der Waals surface area contributed by atoms with E-state index in [0.717, 1.165) is 17.8 Å². The smallest absolute Gasteiger partial charge is 0.123 e. The van der Waals surface area contributed by atoms with Gasteiger partial charge in [0.1, 0.15) is 5.82 Å². The van der Waals surface area contributed by atoms with Gasteiger partial charge < -0.3 is 5.32 Å². The normalized spacial score (nSPS) is 14.8. The number of nitrogens with zero attached hydrogens (tertiary/aromatic N) is 2. The maximum atomic E-state index is 13.3. The molecule has 1 aliphatic carbocycles. The van der Waals surface area contributed by atoms with Gasteiger partial charge >= 0.3 is 0 Å². The zero-order chi connectivity index (χ0) is 14.1. The van der Waals surface area contributed by atoms with E-state index in [2.05, 4.69) is 10.4 Å². The third kappa shape index (κ3) is 3.02. The SMILES string of the molecule is Cc1c(CNC2CC2)cnn1Cc1cc(F)ccc1Cl. The van der Waals surface area contributed by atoms with Gasteiger partial charge in [-0.25, -0.2) is 4.39 Å². The monoisotopic (exact) mass is 293 g/mol. The van der Waals surface area contributed by atoms with Gasteiger partial charge in [0.25, 0.3) is 0 Å². The summed E-state index contributed by atoms with van der Waals surface area (Å²) in [5, 5.41) is 8.42. The van der Waals surface area contributed by atoms with Crippen LogP contribution in [0.3, 0.4) is 0 Å². The number of halogens is 2. The van der Waals surface area contributed by atoms with E-state index in [1.54, 1.807) is 6.07 Å². The Kier molecular flexibility index (Phi) is 3.76. The lowest BCUT2D eigenvalue weighted by molar-refractivity contribution is 0.616. The number of hydrogen-bond acceptors (Lipinski definition) is 2. The highest BCUT2D eigenvalue weighted by atomic mass is 35.5. The molecule has 0 amide bonds. The highest BCUT2D eigenvalue weighted by molar-refractivity contribution is 6.31. The molecule has 0 spiro atoms. The van der Waals surface area contributed by atoms with Gasteiger partial charge in [0.2, 0.25) is 0 Å². The molecule has 1 aromatic carbocycles. The number of nitrogens with one attached hydrogen (secondary N) is 1. The summed E-state index contributed by atoms with van der Waals surface area (Å²) in [5.74, 6) is -0.273. The third-order valence-corrected chi connectivity index (χ3v) is 4.06. The highest BCUT2D eigenvalue weighted by Gasteiger charge is 2.20. The molecule has 3 nitrogen and oxygen atoms in total. The Morgan fingerprint density at radius 1 is 1.40 bits per heavy atom. The zero-order valence-corrected chi connectivity index (χ0v) is 12.1. The van der Waals surface area contributed by atoms with Crippen molar-refractivity contribution in [2.45, 2.75) is 38.9 Å². The molecule has 1 heterocycles. The summed E-state index contributed by atoms with van der Waals surface area (Å²) >= 11 is 6.10. The first-order valence-electron chi connectivity index (χ1n) is 6.82. The first kappa shape index (κ1) is 13.6. The van der Waals surface area contributed by atoms with Crippen LogP contribution >= 0.6 is 11.6 Å². The minimum atomic E-state index is -0.273. The number of benzene rings is 1. The molecule has 1 N–H and O–H groups in total. The van der Waals surface area contributed by atoms with Crippen LogP contribution < -0.4 is 5.32 Å². The van der Waals surface area contributed by atoms with Gasteiger partial charge in [0.05, 0.1) is 12.7 Å². The van der Waals surface area contributed by atoms with Crippen LogP contribution in [0, 0.1) is 12.7 Å². The Labute approximate surface area is 122 Å². The molecule has 1 fully saturated rings. The van der Waals surface area contributed by atoms with Crippen LogP contribution in [0.25, 0.3) is 0 Å². The van der Waals surface area contributed by atoms with E-state index in [1.165, 1.54) is 30.5 Å². The van der Waals surface area contributed by atoms with E-state index < -0.39 is 0 Å². The van der Waals surface area contributed by atoms with Gasteiger partial charge in [-0.15, -0.1) is 0 Å². The van der Waals surface area contributed by atoms with Crippen LogP contribution in [-0.4, -0.2) is 15.8 Å². The molecule has 2 aromatic rings. The van der Waals surface area contributed by atoms with E-state index in [1.807, 2.05) is 17.8 Å². The average Bonchev–Trinajstić information content (AvgIpc) is 3.19. The number of aromatic nitrogens is 2. The Morgan fingerprint density at radius 3 is 2.95 bits per heavy atom. The first-order chi connectivity index (χ1) is 9.63. The molecule has 1 aliphatic rings. The molecule has 1 saturated carbocycles. The quantitative estimate of drug-likeness (QED) is 0.917. The fourth-order valence-electron chi connectivity index (χ4n) is 2.19. The van der Waals surface area contributed by atoms with Crippen molar-refractivity contribution in [1.29, 1.82) is 0 Å². The number of rotatable bonds is 5. The molecular weight excluding hydrogens is 277 g/mol. The van der Waals surface area contributed by atoms with E-state index in [-0.39, 0.29) is 5.82 Å². The summed E-state index contributed by atoms with van der Waals surface area (Å²) in [7, 11) is 0. The molecule has 0 radical (unpaired) electrons. The lowest BCUT2D eigenvalue weighted by atomic mass is 10.2. The molecule has 5 heteroatoms. The van der Waals surface area contributed by atoms with Crippen molar-refractivity contribution in [2.75, 3.05) is 0 Å². The van der Waals surface area contributed by atoms with Gasteiger partial charge in [-0.2, -0.15) is 5.10 Å². The van der Waals surface area contributed by atoms with E-state index >= 15 is 0 Å². The van der Waals surface area contributed by atoms with Crippen molar-refractivity contribution in [3.05, 3.63) is 52.1 Å². The molecule has 3 rings (SSSR count). The van der Waals surface area contributed by atoms with Crippen LogP contribution in [0.4, 0.5) is 4.39 Å². The summed E-state index contributed by atoms with van der Waals surface area (Å²) < 4.78 is 15.1. The van der Waals surface area contributed by atoms with Crippen molar-refractivity contribution in [1.82, 2.24) is 15.1 Å². The van der Waals surface area contributed by atoms with Crippen LogP contribution in [0.2, 0.25) is 5.02 Å². The van der Waals surface area contributed by atoms with Gasteiger partial charge in [0, 0.05) is 28.9 Å². The predicted octanol–water partition coefficient (Wildman–Crippen LogP) is 3.28. The standard InChI is InChI=1S/C15H17ClFN3/c1-10-12(7-18-14-3-4-14)8-19-20(10)9-11-6-13(17)2-5-15(11)16/h2,5-6,8,14,18H,3-4,7,9H2,1H3. The molecule has 0 saturated heterocycles. The maximum Gasteiger partial charge on any atom is 0.123 e. The third-order valence-electron chi connectivity index (χ3n) is 3.69. The van der Waals surface area contributed by atoms with Crippen molar-refractivity contribution < 1.29 is 4.39 Å². The Morgan fingerprint density at radius 2 is 2.20 bits per heavy atom. The minimum Gasteiger partial charge on any atom is -0.310 e. The molecule has 1 aromatic heterocycles. The fourth-order valence-corrected chi connectivity index (χ4v) is 2.36. The van der Waals surface area contributed by atoms with Crippen molar-refractivity contribution in [2.24, 2.45) is 0 Å². The van der Waals surface area contributed by atoms with E-state index in [9.17, 15) is 4.39 Å². The summed E-state index contributed by atoms with van der Waals surface area (Å²) in [4.78, 5) is 0. The average molecular weight is 294 g/mol. The van der Waals surface area contributed by atoms with Gasteiger partial charge in [0.15, 0.2) is 0 Å². The largest absolute Gasteiger partial charge is 0.310 e. The minimum absolute atomic E-state index is 0.273. The van der Waals surface area contributed by atoms with Crippen molar-refractivity contribution in [3.63, 3.8) is 0 Å². The second-order valence-electron chi connectivity index (χ2n) is 5.30. The Bertz CT molecular complexity index is 620.